The van der Waals surface area contributed by atoms with Crippen molar-refractivity contribution in [3.8, 4) is 5.75 Å². The molecule has 2 rings (SSSR count). The number of nitrogens with zero attached hydrogens (tertiary/aromatic N) is 2. The van der Waals surface area contributed by atoms with Crippen LogP contribution in [0.2, 0.25) is 0 Å². The van der Waals surface area contributed by atoms with Gasteiger partial charge >= 0.3 is 0 Å². The molecule has 0 amide bonds. The Morgan fingerprint density at radius 1 is 1.25 bits per heavy atom. The van der Waals surface area contributed by atoms with E-state index < -0.39 is 0 Å². The first-order chi connectivity index (χ1) is 7.63. The Labute approximate surface area is 97.6 Å². The maximum absolute atomic E-state index is 5.29. The molecule has 0 aliphatic carbocycles. The van der Waals surface area contributed by atoms with Crippen molar-refractivity contribution in [3.05, 3.63) is 18.2 Å². The predicted molar refractivity (Wildman–Crippen MR) is 68.7 cm³/mol. The smallest absolute Gasteiger partial charge is 0.121 e. The fourth-order valence-corrected chi connectivity index (χ4v) is 2.17. The van der Waals surface area contributed by atoms with E-state index in [1.54, 1.807) is 7.11 Å². The van der Waals surface area contributed by atoms with Crippen molar-refractivity contribution in [3.63, 3.8) is 0 Å². The molecule has 0 saturated heterocycles. The van der Waals surface area contributed by atoms with E-state index in [-0.39, 0.29) is 0 Å². The van der Waals surface area contributed by atoms with E-state index in [1.165, 1.54) is 17.8 Å². The summed E-state index contributed by atoms with van der Waals surface area (Å²) in [5.41, 5.74) is 2.54. The first-order valence-corrected chi connectivity index (χ1v) is 5.75. The van der Waals surface area contributed by atoms with Crippen LogP contribution in [0.1, 0.15) is 13.3 Å². The first-order valence-electron chi connectivity index (χ1n) is 5.75. The summed E-state index contributed by atoms with van der Waals surface area (Å²) in [7, 11) is 6.02. The number of hydrogen-bond acceptors (Lipinski definition) is 3. The third-order valence-electron chi connectivity index (χ3n) is 3.52. The van der Waals surface area contributed by atoms with Gasteiger partial charge in [-0.15, -0.1) is 0 Å². The zero-order valence-electron chi connectivity index (χ0n) is 10.5. The van der Waals surface area contributed by atoms with Gasteiger partial charge in [-0.25, -0.2) is 0 Å². The molecular weight excluding hydrogens is 200 g/mol. The highest BCUT2D eigenvalue weighted by Gasteiger charge is 2.21. The van der Waals surface area contributed by atoms with Crippen LogP contribution in [0.15, 0.2) is 18.2 Å². The summed E-state index contributed by atoms with van der Waals surface area (Å²) in [5, 5.41) is 0. The summed E-state index contributed by atoms with van der Waals surface area (Å²) in [5.74, 6) is 0.924. The molecule has 0 spiro atoms. The summed E-state index contributed by atoms with van der Waals surface area (Å²) in [6.07, 6.45) is 1.18. The van der Waals surface area contributed by atoms with Gasteiger partial charge in [0.2, 0.25) is 0 Å². The number of anilines is 2. The molecule has 1 aliphatic rings. The highest BCUT2D eigenvalue weighted by atomic mass is 16.5. The second kappa shape index (κ2) is 4.24. The number of methoxy groups -OCH3 is 1. The fourth-order valence-electron chi connectivity index (χ4n) is 2.17. The molecule has 0 unspecified atom stereocenters. The van der Waals surface area contributed by atoms with Crippen LogP contribution in [-0.2, 0) is 0 Å². The minimum Gasteiger partial charge on any atom is -0.497 e. The predicted octanol–water partition coefficient (Wildman–Crippen LogP) is 2.36. The van der Waals surface area contributed by atoms with Gasteiger partial charge in [0.25, 0.3) is 0 Å². The SMILES string of the molecule is COc1ccc2c(c1)N(C)[C@@H](C)CCN2C. The summed E-state index contributed by atoms with van der Waals surface area (Å²) >= 11 is 0. The van der Waals surface area contributed by atoms with Crippen LogP contribution in [0, 0.1) is 0 Å². The highest BCUT2D eigenvalue weighted by Crippen LogP contribution is 2.35. The molecule has 1 aliphatic heterocycles. The molecule has 3 nitrogen and oxygen atoms in total. The van der Waals surface area contributed by atoms with Gasteiger partial charge in [-0.2, -0.15) is 0 Å². The summed E-state index contributed by atoms with van der Waals surface area (Å²) in [4.78, 5) is 4.65. The lowest BCUT2D eigenvalue weighted by atomic mass is 10.2. The van der Waals surface area contributed by atoms with Crippen molar-refractivity contribution in [2.45, 2.75) is 19.4 Å². The summed E-state index contributed by atoms with van der Waals surface area (Å²) < 4.78 is 5.29. The van der Waals surface area contributed by atoms with Crippen molar-refractivity contribution in [2.75, 3.05) is 37.5 Å². The Kier molecular flexibility index (Phi) is 2.95. The standard InChI is InChI=1S/C13H20N2O/c1-10-7-8-14(2)12-6-5-11(16-4)9-13(12)15(10)3/h5-6,9-10H,7-8H2,1-4H3/t10-/m0/s1. The lowest BCUT2D eigenvalue weighted by Gasteiger charge is -2.26. The van der Waals surface area contributed by atoms with Gasteiger partial charge in [0.15, 0.2) is 0 Å². The maximum Gasteiger partial charge on any atom is 0.121 e. The molecule has 88 valence electrons. The number of hydrogen-bond donors (Lipinski definition) is 0. The Morgan fingerprint density at radius 2 is 2.00 bits per heavy atom. The molecule has 16 heavy (non-hydrogen) atoms. The van der Waals surface area contributed by atoms with Crippen LogP contribution >= 0.6 is 0 Å². The minimum absolute atomic E-state index is 0.566. The largest absolute Gasteiger partial charge is 0.497 e. The quantitative estimate of drug-likeness (QED) is 0.722. The molecule has 3 heteroatoms. The number of benzene rings is 1. The van der Waals surface area contributed by atoms with Crippen LogP contribution < -0.4 is 14.5 Å². The highest BCUT2D eigenvalue weighted by molar-refractivity contribution is 5.73. The number of fused-ring (bicyclic) bond motifs is 1. The van der Waals surface area contributed by atoms with E-state index in [0.717, 1.165) is 12.3 Å². The molecule has 1 atom stereocenters. The van der Waals surface area contributed by atoms with Gasteiger partial charge in [-0.05, 0) is 25.5 Å². The first kappa shape index (κ1) is 11.1. The van der Waals surface area contributed by atoms with E-state index in [4.69, 9.17) is 4.74 Å². The Hall–Kier alpha value is -1.38. The van der Waals surface area contributed by atoms with Crippen LogP contribution in [0.4, 0.5) is 11.4 Å². The van der Waals surface area contributed by atoms with Crippen molar-refractivity contribution in [2.24, 2.45) is 0 Å². The molecule has 0 fully saturated rings. The van der Waals surface area contributed by atoms with E-state index in [2.05, 4.69) is 43.0 Å². The molecule has 0 bridgehead atoms. The van der Waals surface area contributed by atoms with Gasteiger partial charge in [0.1, 0.15) is 5.75 Å². The van der Waals surface area contributed by atoms with Gasteiger partial charge in [-0.1, -0.05) is 0 Å². The third-order valence-corrected chi connectivity index (χ3v) is 3.52. The van der Waals surface area contributed by atoms with Crippen molar-refractivity contribution >= 4 is 11.4 Å². The third kappa shape index (κ3) is 1.82. The van der Waals surface area contributed by atoms with Crippen molar-refractivity contribution in [1.82, 2.24) is 0 Å². The van der Waals surface area contributed by atoms with E-state index >= 15 is 0 Å². The minimum atomic E-state index is 0.566. The zero-order valence-corrected chi connectivity index (χ0v) is 10.5. The lowest BCUT2D eigenvalue weighted by molar-refractivity contribution is 0.415. The maximum atomic E-state index is 5.29. The van der Waals surface area contributed by atoms with Crippen LogP contribution in [0.5, 0.6) is 5.75 Å². The fraction of sp³-hybridized carbons (Fsp3) is 0.538. The van der Waals surface area contributed by atoms with E-state index in [9.17, 15) is 0 Å². The second-order valence-corrected chi connectivity index (χ2v) is 4.52. The molecule has 0 radical (unpaired) electrons. The van der Waals surface area contributed by atoms with Crippen LogP contribution in [0.3, 0.4) is 0 Å². The van der Waals surface area contributed by atoms with Gasteiger partial charge < -0.3 is 14.5 Å². The van der Waals surface area contributed by atoms with E-state index in [1.807, 2.05) is 6.07 Å². The molecule has 0 aromatic heterocycles. The molecular formula is C13H20N2O. The molecule has 1 aromatic carbocycles. The molecule has 0 saturated carbocycles. The van der Waals surface area contributed by atoms with Crippen LogP contribution in [0.25, 0.3) is 0 Å². The molecule has 0 N–H and O–H groups in total. The van der Waals surface area contributed by atoms with Crippen molar-refractivity contribution < 1.29 is 4.74 Å². The number of rotatable bonds is 1. The monoisotopic (exact) mass is 220 g/mol. The Balaban J connectivity index is 2.47. The topological polar surface area (TPSA) is 15.7 Å². The average Bonchev–Trinajstić information content (AvgIpc) is 2.42. The average molecular weight is 220 g/mol. The summed E-state index contributed by atoms with van der Waals surface area (Å²) in [6, 6.07) is 6.85. The second-order valence-electron chi connectivity index (χ2n) is 4.52. The number of ether oxygens (including phenoxy) is 1. The van der Waals surface area contributed by atoms with E-state index in [0.29, 0.717) is 6.04 Å². The Bertz CT molecular complexity index is 378. The van der Waals surface area contributed by atoms with Gasteiger partial charge in [0.05, 0.1) is 18.5 Å². The normalized spacial score (nSPS) is 20.4. The molecule has 1 aromatic rings. The van der Waals surface area contributed by atoms with Crippen molar-refractivity contribution in [1.29, 1.82) is 0 Å². The van der Waals surface area contributed by atoms with Crippen LogP contribution in [-0.4, -0.2) is 33.8 Å². The summed E-state index contributed by atoms with van der Waals surface area (Å²) in [6.45, 7) is 3.37. The molecule has 1 heterocycles. The lowest BCUT2D eigenvalue weighted by Crippen LogP contribution is -2.28. The zero-order chi connectivity index (χ0) is 11.7. The van der Waals surface area contributed by atoms with Gasteiger partial charge in [0, 0.05) is 32.7 Å². The Morgan fingerprint density at radius 3 is 2.69 bits per heavy atom. The van der Waals surface area contributed by atoms with Gasteiger partial charge in [-0.3, -0.25) is 0 Å².